The van der Waals surface area contributed by atoms with Gasteiger partial charge in [0.25, 0.3) is 5.56 Å². The van der Waals surface area contributed by atoms with E-state index in [2.05, 4.69) is 0 Å². The number of carbonyl (C=O) groups is 1. The monoisotopic (exact) mass is 249 g/mol. The van der Waals surface area contributed by atoms with Crippen molar-refractivity contribution in [1.82, 2.24) is 4.57 Å². The van der Waals surface area contributed by atoms with Gasteiger partial charge in [0.1, 0.15) is 0 Å². The number of rotatable bonds is 2. The number of nitrogens with zero attached hydrogens (tertiary/aromatic N) is 1. The number of hydrogen-bond donors (Lipinski definition) is 0. The maximum Gasteiger partial charge on any atom is 0.339 e. The van der Waals surface area contributed by atoms with Gasteiger partial charge >= 0.3 is 5.97 Å². The number of esters is 1. The fraction of sp³-hybridized carbons (Fsp3) is 0.167. The van der Waals surface area contributed by atoms with Gasteiger partial charge in [0.15, 0.2) is 0 Å². The number of pyridine rings is 1. The summed E-state index contributed by atoms with van der Waals surface area (Å²) in [4.78, 5) is 23.3. The number of methoxy groups -OCH3 is 1. The molecule has 2 aromatic rings. The van der Waals surface area contributed by atoms with Crippen LogP contribution in [-0.2, 0) is 11.8 Å². The zero-order valence-electron chi connectivity index (χ0n) is 9.47. The molecule has 17 heavy (non-hydrogen) atoms. The number of carbonyl (C=O) groups excluding carboxylic acids is 1. The summed E-state index contributed by atoms with van der Waals surface area (Å²) in [6.07, 6.45) is 1.50. The molecule has 0 atom stereocenters. The molecule has 2 rings (SSSR count). The Morgan fingerprint density at radius 2 is 2.24 bits per heavy atom. The lowest BCUT2D eigenvalue weighted by Crippen LogP contribution is -2.18. The summed E-state index contributed by atoms with van der Waals surface area (Å²) in [5, 5.41) is 3.79. The Balaban J connectivity index is 2.68. The van der Waals surface area contributed by atoms with E-state index in [0.29, 0.717) is 11.1 Å². The molecule has 2 heterocycles. The molecule has 0 saturated heterocycles. The van der Waals surface area contributed by atoms with E-state index in [1.54, 1.807) is 7.05 Å². The summed E-state index contributed by atoms with van der Waals surface area (Å²) < 4.78 is 6.08. The van der Waals surface area contributed by atoms with Crippen LogP contribution in [0.5, 0.6) is 0 Å². The number of ether oxygens (including phenoxy) is 1. The van der Waals surface area contributed by atoms with Crippen LogP contribution in [0.3, 0.4) is 0 Å². The van der Waals surface area contributed by atoms with Crippen LogP contribution in [-0.4, -0.2) is 17.6 Å². The largest absolute Gasteiger partial charge is 0.465 e. The molecule has 0 saturated carbocycles. The van der Waals surface area contributed by atoms with Crippen molar-refractivity contribution in [2.75, 3.05) is 7.11 Å². The summed E-state index contributed by atoms with van der Waals surface area (Å²) >= 11 is 1.51. The zero-order chi connectivity index (χ0) is 12.4. The second-order valence-electron chi connectivity index (χ2n) is 3.55. The van der Waals surface area contributed by atoms with Crippen LogP contribution in [0.2, 0.25) is 0 Å². The summed E-state index contributed by atoms with van der Waals surface area (Å²) in [6, 6.07) is 3.32. The fourth-order valence-corrected chi connectivity index (χ4v) is 2.21. The summed E-state index contributed by atoms with van der Waals surface area (Å²) in [7, 11) is 2.93. The maximum absolute atomic E-state index is 11.7. The molecule has 0 N–H and O–H groups in total. The maximum atomic E-state index is 11.7. The highest BCUT2D eigenvalue weighted by Gasteiger charge is 2.15. The first-order chi connectivity index (χ1) is 8.13. The molecule has 5 heteroatoms. The molecule has 0 aliphatic carbocycles. The standard InChI is InChI=1S/C12H11NO3S/c1-13-6-10(12(15)16-2)9(5-11(13)14)8-3-4-17-7-8/h3-7H,1-2H3. The summed E-state index contributed by atoms with van der Waals surface area (Å²) in [6.45, 7) is 0. The molecule has 4 nitrogen and oxygen atoms in total. The van der Waals surface area contributed by atoms with Gasteiger partial charge in [-0.25, -0.2) is 4.79 Å². The van der Waals surface area contributed by atoms with Crippen molar-refractivity contribution in [3.8, 4) is 11.1 Å². The van der Waals surface area contributed by atoms with Gasteiger partial charge in [-0.2, -0.15) is 11.3 Å². The summed E-state index contributed by atoms with van der Waals surface area (Å²) in [5.41, 5.74) is 1.71. The van der Waals surface area contributed by atoms with Crippen LogP contribution in [0.4, 0.5) is 0 Å². The van der Waals surface area contributed by atoms with Crippen molar-refractivity contribution in [2.24, 2.45) is 7.05 Å². The Morgan fingerprint density at radius 1 is 1.47 bits per heavy atom. The minimum Gasteiger partial charge on any atom is -0.465 e. The lowest BCUT2D eigenvalue weighted by atomic mass is 10.0. The average Bonchev–Trinajstić information content (AvgIpc) is 2.84. The van der Waals surface area contributed by atoms with Crippen LogP contribution in [0.1, 0.15) is 10.4 Å². The minimum absolute atomic E-state index is 0.154. The molecule has 0 bridgehead atoms. The predicted molar refractivity (Wildman–Crippen MR) is 66.3 cm³/mol. The van der Waals surface area contributed by atoms with Gasteiger partial charge in [-0.3, -0.25) is 4.79 Å². The highest BCUT2D eigenvalue weighted by molar-refractivity contribution is 7.08. The third-order valence-electron chi connectivity index (χ3n) is 2.47. The first kappa shape index (κ1) is 11.6. The average molecular weight is 249 g/mol. The van der Waals surface area contributed by atoms with E-state index in [1.807, 2.05) is 16.8 Å². The lowest BCUT2D eigenvalue weighted by Gasteiger charge is -2.08. The number of aromatic nitrogens is 1. The van der Waals surface area contributed by atoms with Gasteiger partial charge in [0.2, 0.25) is 0 Å². The molecule has 0 aromatic carbocycles. The Hall–Kier alpha value is -1.88. The number of aryl methyl sites for hydroxylation is 1. The molecule has 0 spiro atoms. The molecule has 0 radical (unpaired) electrons. The van der Waals surface area contributed by atoms with Gasteiger partial charge < -0.3 is 9.30 Å². The van der Waals surface area contributed by atoms with Crippen molar-refractivity contribution in [1.29, 1.82) is 0 Å². The van der Waals surface area contributed by atoms with Crippen molar-refractivity contribution in [3.63, 3.8) is 0 Å². The Bertz CT molecular complexity index is 599. The number of hydrogen-bond acceptors (Lipinski definition) is 4. The Morgan fingerprint density at radius 3 is 2.82 bits per heavy atom. The highest BCUT2D eigenvalue weighted by atomic mass is 32.1. The SMILES string of the molecule is COC(=O)c1cn(C)c(=O)cc1-c1ccsc1. The molecular formula is C12H11NO3S. The van der Waals surface area contributed by atoms with E-state index in [-0.39, 0.29) is 5.56 Å². The third-order valence-corrected chi connectivity index (χ3v) is 3.15. The van der Waals surface area contributed by atoms with E-state index >= 15 is 0 Å². The van der Waals surface area contributed by atoms with E-state index in [1.165, 1.54) is 35.3 Å². The topological polar surface area (TPSA) is 48.3 Å². The first-order valence-corrected chi connectivity index (χ1v) is 5.89. The highest BCUT2D eigenvalue weighted by Crippen LogP contribution is 2.24. The lowest BCUT2D eigenvalue weighted by molar-refractivity contribution is 0.0600. The van der Waals surface area contributed by atoms with Crippen molar-refractivity contribution >= 4 is 17.3 Å². The quantitative estimate of drug-likeness (QED) is 0.764. The normalized spacial score (nSPS) is 10.2. The molecule has 0 aliphatic rings. The molecule has 0 fully saturated rings. The molecule has 2 aromatic heterocycles. The van der Waals surface area contributed by atoms with Crippen LogP contribution in [0.15, 0.2) is 33.9 Å². The first-order valence-electron chi connectivity index (χ1n) is 4.95. The van der Waals surface area contributed by atoms with Gasteiger partial charge in [0, 0.05) is 24.9 Å². The molecule has 0 aliphatic heterocycles. The second kappa shape index (κ2) is 4.55. The van der Waals surface area contributed by atoms with E-state index in [4.69, 9.17) is 4.74 Å². The molecule has 0 unspecified atom stereocenters. The molecule has 0 amide bonds. The van der Waals surface area contributed by atoms with E-state index in [0.717, 1.165) is 5.56 Å². The van der Waals surface area contributed by atoms with Gasteiger partial charge in [-0.1, -0.05) is 0 Å². The van der Waals surface area contributed by atoms with Gasteiger partial charge in [-0.15, -0.1) is 0 Å². The Kier molecular flexibility index (Phi) is 3.10. The fourth-order valence-electron chi connectivity index (χ4n) is 1.56. The van der Waals surface area contributed by atoms with Gasteiger partial charge in [-0.05, 0) is 22.4 Å². The van der Waals surface area contributed by atoms with Gasteiger partial charge in [0.05, 0.1) is 12.7 Å². The summed E-state index contributed by atoms with van der Waals surface area (Å²) in [5.74, 6) is -0.443. The number of thiophene rings is 1. The van der Waals surface area contributed by atoms with Crippen LogP contribution < -0.4 is 5.56 Å². The van der Waals surface area contributed by atoms with E-state index in [9.17, 15) is 9.59 Å². The van der Waals surface area contributed by atoms with Crippen molar-refractivity contribution < 1.29 is 9.53 Å². The predicted octanol–water partition coefficient (Wildman–Crippen LogP) is 1.90. The molecule has 88 valence electrons. The molecular weight excluding hydrogens is 238 g/mol. The van der Waals surface area contributed by atoms with E-state index < -0.39 is 5.97 Å². The van der Waals surface area contributed by atoms with Crippen LogP contribution >= 0.6 is 11.3 Å². The third kappa shape index (κ3) is 2.14. The smallest absolute Gasteiger partial charge is 0.339 e. The van der Waals surface area contributed by atoms with Crippen molar-refractivity contribution in [3.05, 3.63) is 45.0 Å². The second-order valence-corrected chi connectivity index (χ2v) is 4.33. The zero-order valence-corrected chi connectivity index (χ0v) is 10.3. The minimum atomic E-state index is -0.443. The van der Waals surface area contributed by atoms with Crippen LogP contribution in [0.25, 0.3) is 11.1 Å². The van der Waals surface area contributed by atoms with Crippen molar-refractivity contribution in [2.45, 2.75) is 0 Å². The van der Waals surface area contributed by atoms with Crippen LogP contribution in [0, 0.1) is 0 Å². The Labute approximate surface area is 102 Å².